The number of thioether (sulfide) groups is 1. The van der Waals surface area contributed by atoms with Gasteiger partial charge in [0.25, 0.3) is 5.91 Å². The first-order valence-corrected chi connectivity index (χ1v) is 9.72. The zero-order chi connectivity index (χ0) is 15.8. The Kier molecular flexibility index (Phi) is 7.26. The molecule has 0 aliphatic heterocycles. The van der Waals surface area contributed by atoms with E-state index in [0.717, 1.165) is 10.6 Å². The quantitative estimate of drug-likeness (QED) is 0.816. The number of hydrogen-bond acceptors (Lipinski definition) is 2. The Morgan fingerprint density at radius 1 is 1.18 bits per heavy atom. The number of carbonyl (C=O) groups excluding carboxylic acids is 1. The topological polar surface area (TPSA) is 45.7 Å². The number of nitrogens with one attached hydrogen (secondary N) is 1. The molecule has 0 unspecified atom stereocenters. The highest BCUT2D eigenvalue weighted by molar-refractivity contribution is 7.98. The Morgan fingerprint density at radius 2 is 1.82 bits per heavy atom. The predicted octanol–water partition coefficient (Wildman–Crippen LogP) is 3.41. The molecule has 1 fully saturated rings. The Labute approximate surface area is 138 Å². The Balaban J connectivity index is 1.88. The van der Waals surface area contributed by atoms with Gasteiger partial charge < -0.3 is 10.6 Å². The lowest BCUT2D eigenvalue weighted by atomic mass is 9.96. The van der Waals surface area contributed by atoms with Gasteiger partial charge in [-0.25, -0.2) is 0 Å². The number of carbonyl (C=O) groups is 1. The fraction of sp³-hybridized carbons (Fsp3) is 0.611. The molecule has 3 N–H and O–H groups in total. The molecule has 3 nitrogen and oxygen atoms in total. The second-order valence-corrected chi connectivity index (χ2v) is 7.12. The number of nitrogens with two attached hydrogens (primary N) is 1. The number of quaternary nitrogens is 1. The summed E-state index contributed by atoms with van der Waals surface area (Å²) in [4.78, 5) is 13.6. The molecule has 0 radical (unpaired) electrons. The SMILES string of the molecule is CSc1ccccc1NC(=O)[C@H](C)[NH2+]C1CCCCCCC1. The van der Waals surface area contributed by atoms with Crippen LogP contribution in [-0.4, -0.2) is 24.2 Å². The normalized spacial score (nSPS) is 18.3. The van der Waals surface area contributed by atoms with Crippen LogP contribution in [0.25, 0.3) is 0 Å². The second kappa shape index (κ2) is 9.21. The van der Waals surface area contributed by atoms with E-state index in [0.29, 0.717) is 6.04 Å². The van der Waals surface area contributed by atoms with E-state index in [-0.39, 0.29) is 11.9 Å². The highest BCUT2D eigenvalue weighted by atomic mass is 32.2. The van der Waals surface area contributed by atoms with Crippen molar-refractivity contribution in [3.05, 3.63) is 24.3 Å². The van der Waals surface area contributed by atoms with E-state index in [1.165, 1.54) is 44.9 Å². The van der Waals surface area contributed by atoms with Crippen molar-refractivity contribution in [3.8, 4) is 0 Å². The van der Waals surface area contributed by atoms with Crippen LogP contribution in [0, 0.1) is 0 Å². The van der Waals surface area contributed by atoms with Gasteiger partial charge in [0.05, 0.1) is 11.7 Å². The molecule has 1 aromatic carbocycles. The summed E-state index contributed by atoms with van der Waals surface area (Å²) in [6.07, 6.45) is 11.2. The van der Waals surface area contributed by atoms with Crippen LogP contribution >= 0.6 is 11.8 Å². The molecule has 0 spiro atoms. The summed E-state index contributed by atoms with van der Waals surface area (Å²) < 4.78 is 0. The van der Waals surface area contributed by atoms with Gasteiger partial charge >= 0.3 is 0 Å². The number of para-hydroxylation sites is 1. The standard InChI is InChI=1S/C18H28N2OS/c1-14(19-15-10-6-4-3-5-7-11-15)18(21)20-16-12-8-9-13-17(16)22-2/h8-9,12-15,19H,3-7,10-11H2,1-2H3,(H,20,21)/p+1/t14-/m0/s1. The van der Waals surface area contributed by atoms with E-state index in [1.807, 2.05) is 37.4 Å². The maximum atomic E-state index is 12.5. The van der Waals surface area contributed by atoms with Crippen LogP contribution < -0.4 is 10.6 Å². The third-order valence-corrected chi connectivity index (χ3v) is 5.28. The molecule has 1 amide bonds. The van der Waals surface area contributed by atoms with Crippen LogP contribution in [0.4, 0.5) is 5.69 Å². The van der Waals surface area contributed by atoms with Crippen molar-refractivity contribution >= 4 is 23.4 Å². The van der Waals surface area contributed by atoms with Gasteiger partial charge in [0.1, 0.15) is 0 Å². The molecule has 1 atom stereocenters. The van der Waals surface area contributed by atoms with Gasteiger partial charge in [0, 0.05) is 4.90 Å². The minimum absolute atomic E-state index is 0.0284. The van der Waals surface area contributed by atoms with Gasteiger partial charge in [0.2, 0.25) is 0 Å². The van der Waals surface area contributed by atoms with Crippen molar-refractivity contribution in [2.45, 2.75) is 68.8 Å². The monoisotopic (exact) mass is 321 g/mol. The first-order valence-electron chi connectivity index (χ1n) is 8.49. The first kappa shape index (κ1) is 17.4. The second-order valence-electron chi connectivity index (χ2n) is 6.28. The summed E-state index contributed by atoms with van der Waals surface area (Å²) in [6, 6.07) is 8.58. The van der Waals surface area contributed by atoms with Crippen molar-refractivity contribution < 1.29 is 10.1 Å². The maximum Gasteiger partial charge on any atom is 0.282 e. The van der Waals surface area contributed by atoms with E-state index in [9.17, 15) is 4.79 Å². The van der Waals surface area contributed by atoms with Gasteiger partial charge in [-0.05, 0) is 51.0 Å². The van der Waals surface area contributed by atoms with Gasteiger partial charge in [-0.2, -0.15) is 0 Å². The highest BCUT2D eigenvalue weighted by Gasteiger charge is 2.22. The minimum Gasteiger partial charge on any atom is -0.334 e. The molecule has 1 aliphatic rings. The van der Waals surface area contributed by atoms with Crippen molar-refractivity contribution in [3.63, 3.8) is 0 Å². The summed E-state index contributed by atoms with van der Waals surface area (Å²) in [6.45, 7) is 2.02. The molecule has 22 heavy (non-hydrogen) atoms. The molecule has 0 saturated heterocycles. The smallest absolute Gasteiger partial charge is 0.282 e. The Morgan fingerprint density at radius 3 is 2.50 bits per heavy atom. The lowest BCUT2D eigenvalue weighted by Crippen LogP contribution is -2.96. The zero-order valence-electron chi connectivity index (χ0n) is 13.8. The van der Waals surface area contributed by atoms with Crippen LogP contribution in [0.1, 0.15) is 51.9 Å². The summed E-state index contributed by atoms with van der Waals surface area (Å²) >= 11 is 1.66. The van der Waals surface area contributed by atoms with Gasteiger partial charge in [-0.15, -0.1) is 11.8 Å². The molecule has 0 bridgehead atoms. The van der Waals surface area contributed by atoms with Crippen molar-refractivity contribution in [1.29, 1.82) is 0 Å². The molecule has 2 rings (SSSR count). The number of hydrogen-bond donors (Lipinski definition) is 2. The summed E-state index contributed by atoms with van der Waals surface area (Å²) in [5.74, 6) is 0.114. The molecule has 1 saturated carbocycles. The molecular weight excluding hydrogens is 292 g/mol. The average molecular weight is 322 g/mol. The van der Waals surface area contributed by atoms with Crippen LogP contribution in [0.3, 0.4) is 0 Å². The van der Waals surface area contributed by atoms with E-state index < -0.39 is 0 Å². The van der Waals surface area contributed by atoms with Crippen molar-refractivity contribution in [2.75, 3.05) is 11.6 Å². The van der Waals surface area contributed by atoms with E-state index >= 15 is 0 Å². The third-order valence-electron chi connectivity index (χ3n) is 4.49. The van der Waals surface area contributed by atoms with E-state index in [4.69, 9.17) is 0 Å². The van der Waals surface area contributed by atoms with E-state index in [1.54, 1.807) is 11.8 Å². The fourth-order valence-electron chi connectivity index (χ4n) is 3.17. The number of anilines is 1. The predicted molar refractivity (Wildman–Crippen MR) is 94.3 cm³/mol. The lowest BCUT2D eigenvalue weighted by Gasteiger charge is -2.22. The average Bonchev–Trinajstić information content (AvgIpc) is 2.50. The summed E-state index contributed by atoms with van der Waals surface area (Å²) in [5.41, 5.74) is 0.929. The minimum atomic E-state index is -0.0284. The van der Waals surface area contributed by atoms with Crippen LogP contribution in [0.2, 0.25) is 0 Å². The molecule has 0 aromatic heterocycles. The van der Waals surface area contributed by atoms with Gasteiger partial charge in [-0.1, -0.05) is 31.4 Å². The molecule has 1 aliphatic carbocycles. The van der Waals surface area contributed by atoms with Crippen molar-refractivity contribution in [1.82, 2.24) is 0 Å². The summed E-state index contributed by atoms with van der Waals surface area (Å²) in [5, 5.41) is 5.37. The number of rotatable bonds is 5. The van der Waals surface area contributed by atoms with Crippen LogP contribution in [0.15, 0.2) is 29.2 Å². The molecule has 122 valence electrons. The van der Waals surface area contributed by atoms with Crippen molar-refractivity contribution in [2.24, 2.45) is 0 Å². The van der Waals surface area contributed by atoms with Gasteiger partial charge in [0.15, 0.2) is 6.04 Å². The highest BCUT2D eigenvalue weighted by Crippen LogP contribution is 2.24. The zero-order valence-corrected chi connectivity index (χ0v) is 14.6. The molecular formula is C18H29N2OS+. The van der Waals surface area contributed by atoms with Crippen LogP contribution in [0.5, 0.6) is 0 Å². The van der Waals surface area contributed by atoms with Crippen LogP contribution in [-0.2, 0) is 4.79 Å². The lowest BCUT2D eigenvalue weighted by molar-refractivity contribution is -0.707. The number of amides is 1. The Hall–Kier alpha value is -1.00. The maximum absolute atomic E-state index is 12.5. The third kappa shape index (κ3) is 5.33. The van der Waals surface area contributed by atoms with E-state index in [2.05, 4.69) is 10.6 Å². The molecule has 1 aromatic rings. The Bertz CT molecular complexity index is 470. The van der Waals surface area contributed by atoms with Gasteiger partial charge in [-0.3, -0.25) is 4.79 Å². The molecule has 4 heteroatoms. The molecule has 0 heterocycles. The first-order chi connectivity index (χ1) is 10.7. The fourth-order valence-corrected chi connectivity index (χ4v) is 3.72. The number of benzene rings is 1. The largest absolute Gasteiger partial charge is 0.334 e. The summed E-state index contributed by atoms with van der Waals surface area (Å²) in [7, 11) is 0.